The molecule has 19 heavy (non-hydrogen) atoms. The molecule has 1 aliphatic carbocycles. The fourth-order valence-electron chi connectivity index (χ4n) is 3.22. The minimum atomic E-state index is -0.937. The summed E-state index contributed by atoms with van der Waals surface area (Å²) in [6, 6.07) is 3.76. The van der Waals surface area contributed by atoms with E-state index in [0.29, 0.717) is 30.9 Å². The van der Waals surface area contributed by atoms with Crippen LogP contribution < -0.4 is 4.74 Å². The molecule has 0 bridgehead atoms. The first kappa shape index (κ1) is 13.2. The van der Waals surface area contributed by atoms with Gasteiger partial charge in [0.2, 0.25) is 0 Å². The van der Waals surface area contributed by atoms with Crippen molar-refractivity contribution in [1.29, 1.82) is 0 Å². The van der Waals surface area contributed by atoms with Gasteiger partial charge in [-0.2, -0.15) is 0 Å². The van der Waals surface area contributed by atoms with Gasteiger partial charge in [0, 0.05) is 17.9 Å². The Morgan fingerprint density at radius 1 is 1.32 bits per heavy atom. The van der Waals surface area contributed by atoms with E-state index in [4.69, 9.17) is 16.3 Å². The summed E-state index contributed by atoms with van der Waals surface area (Å²) >= 11 is 6.11. The molecule has 3 rings (SSSR count). The van der Waals surface area contributed by atoms with Crippen molar-refractivity contribution in [2.45, 2.75) is 50.2 Å². The Morgan fingerprint density at radius 2 is 2.05 bits per heavy atom. The van der Waals surface area contributed by atoms with E-state index < -0.39 is 11.7 Å². The van der Waals surface area contributed by atoms with Crippen LogP contribution in [0.25, 0.3) is 0 Å². The minimum Gasteiger partial charge on any atom is -0.493 e. The van der Waals surface area contributed by atoms with Crippen LogP contribution in [0.3, 0.4) is 0 Å². The van der Waals surface area contributed by atoms with E-state index in [9.17, 15) is 10.2 Å². The van der Waals surface area contributed by atoms with Gasteiger partial charge in [0.25, 0.3) is 0 Å². The minimum absolute atomic E-state index is 0.402. The third kappa shape index (κ3) is 2.47. The van der Waals surface area contributed by atoms with Crippen molar-refractivity contribution >= 4 is 11.6 Å². The van der Waals surface area contributed by atoms with Gasteiger partial charge in [0.05, 0.1) is 18.3 Å². The summed E-state index contributed by atoms with van der Waals surface area (Å²) in [5, 5.41) is 21.4. The van der Waals surface area contributed by atoms with Crippen molar-refractivity contribution in [2.75, 3.05) is 6.61 Å². The smallest absolute Gasteiger partial charge is 0.126 e. The predicted molar refractivity (Wildman–Crippen MR) is 73.8 cm³/mol. The van der Waals surface area contributed by atoms with Gasteiger partial charge in [0.1, 0.15) is 5.75 Å². The van der Waals surface area contributed by atoms with Crippen LogP contribution in [-0.4, -0.2) is 28.5 Å². The molecule has 1 saturated carbocycles. The average Bonchev–Trinajstić information content (AvgIpc) is 2.98. The molecule has 104 valence electrons. The highest BCUT2D eigenvalue weighted by molar-refractivity contribution is 6.30. The Balaban J connectivity index is 1.83. The molecule has 3 nitrogen and oxygen atoms in total. The fraction of sp³-hybridized carbons (Fsp3) is 0.600. The molecule has 0 amide bonds. The van der Waals surface area contributed by atoms with Crippen LogP contribution in [0.4, 0.5) is 0 Å². The Morgan fingerprint density at radius 3 is 2.79 bits per heavy atom. The molecular weight excluding hydrogens is 264 g/mol. The van der Waals surface area contributed by atoms with E-state index in [0.717, 1.165) is 36.1 Å². The molecule has 1 aromatic rings. The Kier molecular flexibility index (Phi) is 3.46. The highest BCUT2D eigenvalue weighted by atomic mass is 35.5. The van der Waals surface area contributed by atoms with E-state index in [1.807, 2.05) is 12.1 Å². The first-order chi connectivity index (χ1) is 9.08. The molecule has 2 N–H and O–H groups in total. The van der Waals surface area contributed by atoms with Crippen molar-refractivity contribution in [3.05, 3.63) is 28.3 Å². The number of rotatable bonds is 3. The molecule has 1 heterocycles. The van der Waals surface area contributed by atoms with Crippen LogP contribution in [-0.2, 0) is 12.8 Å². The van der Waals surface area contributed by atoms with Gasteiger partial charge < -0.3 is 14.9 Å². The second-order valence-electron chi connectivity index (χ2n) is 5.68. The summed E-state index contributed by atoms with van der Waals surface area (Å²) in [4.78, 5) is 0. The van der Waals surface area contributed by atoms with Crippen LogP contribution >= 0.6 is 11.6 Å². The largest absolute Gasteiger partial charge is 0.493 e. The number of aliphatic hydroxyl groups excluding tert-OH is 1. The van der Waals surface area contributed by atoms with Crippen LogP contribution in [0.2, 0.25) is 5.02 Å². The van der Waals surface area contributed by atoms with Crippen molar-refractivity contribution < 1.29 is 14.9 Å². The lowest BCUT2D eigenvalue weighted by Crippen LogP contribution is -2.40. The summed E-state index contributed by atoms with van der Waals surface area (Å²) in [6.45, 7) is 0.670. The molecule has 0 aromatic heterocycles. The summed E-state index contributed by atoms with van der Waals surface area (Å²) < 4.78 is 5.63. The predicted octanol–water partition coefficient (Wildman–Crippen LogP) is 2.48. The number of fused-ring (bicyclic) bond motifs is 1. The zero-order valence-corrected chi connectivity index (χ0v) is 11.6. The van der Waals surface area contributed by atoms with Crippen LogP contribution in [0.1, 0.15) is 36.8 Å². The van der Waals surface area contributed by atoms with Crippen molar-refractivity contribution in [1.82, 2.24) is 0 Å². The third-order valence-corrected chi connectivity index (χ3v) is 4.55. The number of aliphatic hydroxyl groups is 2. The first-order valence-electron chi connectivity index (χ1n) is 6.93. The van der Waals surface area contributed by atoms with Crippen molar-refractivity contribution in [3.63, 3.8) is 0 Å². The number of hydrogen-bond acceptors (Lipinski definition) is 3. The van der Waals surface area contributed by atoms with Gasteiger partial charge in [-0.25, -0.2) is 0 Å². The number of benzene rings is 1. The Bertz CT molecular complexity index is 481. The quantitative estimate of drug-likeness (QED) is 0.895. The van der Waals surface area contributed by atoms with Gasteiger partial charge in [-0.15, -0.1) is 0 Å². The molecule has 4 heteroatoms. The van der Waals surface area contributed by atoms with E-state index in [1.54, 1.807) is 0 Å². The van der Waals surface area contributed by atoms with Gasteiger partial charge in [-0.05, 0) is 36.1 Å². The lowest BCUT2D eigenvalue weighted by Gasteiger charge is -2.29. The SMILES string of the molecule is OC(Cc1cc(Cl)cc2c1OCC2)C1(O)CCCC1. The molecule has 1 atom stereocenters. The van der Waals surface area contributed by atoms with E-state index in [-0.39, 0.29) is 0 Å². The van der Waals surface area contributed by atoms with E-state index in [1.165, 1.54) is 0 Å². The lowest BCUT2D eigenvalue weighted by molar-refractivity contribution is -0.0690. The normalized spacial score (nSPS) is 22.1. The third-order valence-electron chi connectivity index (χ3n) is 4.33. The molecule has 1 unspecified atom stereocenters. The molecule has 1 fully saturated rings. The van der Waals surface area contributed by atoms with Crippen molar-refractivity contribution in [2.24, 2.45) is 0 Å². The van der Waals surface area contributed by atoms with Gasteiger partial charge in [0.15, 0.2) is 0 Å². The molecule has 0 spiro atoms. The van der Waals surface area contributed by atoms with Gasteiger partial charge in [-0.1, -0.05) is 24.4 Å². The summed E-state index contributed by atoms with van der Waals surface area (Å²) in [7, 11) is 0. The molecule has 0 radical (unpaired) electrons. The number of hydrogen-bond donors (Lipinski definition) is 2. The monoisotopic (exact) mass is 282 g/mol. The molecule has 1 aliphatic heterocycles. The lowest BCUT2D eigenvalue weighted by atomic mass is 9.89. The first-order valence-corrected chi connectivity index (χ1v) is 7.31. The fourth-order valence-corrected chi connectivity index (χ4v) is 3.48. The highest BCUT2D eigenvalue weighted by Crippen LogP contribution is 2.37. The van der Waals surface area contributed by atoms with Gasteiger partial charge >= 0.3 is 0 Å². The van der Waals surface area contributed by atoms with Gasteiger partial charge in [-0.3, -0.25) is 0 Å². The number of halogens is 1. The second kappa shape index (κ2) is 4.97. The Labute approximate surface area is 118 Å². The molecule has 0 saturated heterocycles. The average molecular weight is 283 g/mol. The van der Waals surface area contributed by atoms with E-state index >= 15 is 0 Å². The van der Waals surface area contributed by atoms with Crippen LogP contribution in [0.15, 0.2) is 12.1 Å². The number of ether oxygens (including phenoxy) is 1. The molecule has 1 aromatic carbocycles. The maximum absolute atomic E-state index is 10.4. The highest BCUT2D eigenvalue weighted by Gasteiger charge is 2.39. The summed E-state index contributed by atoms with van der Waals surface area (Å²) in [5.41, 5.74) is 1.08. The summed E-state index contributed by atoms with van der Waals surface area (Å²) in [6.07, 6.45) is 3.84. The topological polar surface area (TPSA) is 49.7 Å². The maximum atomic E-state index is 10.4. The molecular formula is C15H19ClO3. The van der Waals surface area contributed by atoms with Crippen LogP contribution in [0, 0.1) is 0 Å². The Hall–Kier alpha value is -0.770. The zero-order valence-electron chi connectivity index (χ0n) is 10.9. The van der Waals surface area contributed by atoms with Crippen LogP contribution in [0.5, 0.6) is 5.75 Å². The summed E-state index contributed by atoms with van der Waals surface area (Å²) in [5.74, 6) is 0.852. The maximum Gasteiger partial charge on any atom is 0.126 e. The zero-order chi connectivity index (χ0) is 13.5. The van der Waals surface area contributed by atoms with E-state index in [2.05, 4.69) is 0 Å². The standard InChI is InChI=1S/C15H19ClO3/c16-12-7-10-3-6-19-14(10)11(8-12)9-13(17)15(18)4-1-2-5-15/h7-8,13,17-18H,1-6,9H2. The second-order valence-corrected chi connectivity index (χ2v) is 6.12. The van der Waals surface area contributed by atoms with Crippen molar-refractivity contribution in [3.8, 4) is 5.75 Å². The molecule has 2 aliphatic rings.